The molecule has 1 heterocycles. The molecule has 6 nitrogen and oxygen atoms in total. The smallest absolute Gasteiger partial charge is 0.414 e. The zero-order valence-corrected chi connectivity index (χ0v) is 16.5. The fraction of sp³-hybridized carbons (Fsp3) is 0.619. The van der Waals surface area contributed by atoms with E-state index in [9.17, 15) is 9.59 Å². The molecular weight excluding hydrogens is 344 g/mol. The molecule has 27 heavy (non-hydrogen) atoms. The van der Waals surface area contributed by atoms with Gasteiger partial charge >= 0.3 is 12.1 Å². The lowest BCUT2D eigenvalue weighted by atomic mass is 9.78. The number of hydrogen-bond donors (Lipinski definition) is 1. The van der Waals surface area contributed by atoms with E-state index >= 15 is 0 Å². The van der Waals surface area contributed by atoms with Crippen molar-refractivity contribution >= 4 is 23.4 Å². The van der Waals surface area contributed by atoms with E-state index in [0.717, 1.165) is 67.4 Å². The van der Waals surface area contributed by atoms with Gasteiger partial charge in [-0.05, 0) is 62.1 Å². The lowest BCUT2D eigenvalue weighted by molar-refractivity contribution is -0.147. The first-order valence-electron chi connectivity index (χ1n) is 9.81. The number of hydrogen-bond acceptors (Lipinski definition) is 5. The summed E-state index contributed by atoms with van der Waals surface area (Å²) in [5, 5.41) is 0. The molecule has 1 amide bonds. The van der Waals surface area contributed by atoms with Crippen molar-refractivity contribution in [2.75, 3.05) is 24.9 Å². The summed E-state index contributed by atoms with van der Waals surface area (Å²) in [6, 6.07) is 4.12. The molecular formula is C21H30N2O4. The topological polar surface area (TPSA) is 81.9 Å². The number of carbonyl (C=O) groups excluding carboxylic acids is 2. The van der Waals surface area contributed by atoms with E-state index in [0.29, 0.717) is 5.92 Å². The van der Waals surface area contributed by atoms with Gasteiger partial charge < -0.3 is 15.2 Å². The summed E-state index contributed by atoms with van der Waals surface area (Å²) >= 11 is 0. The van der Waals surface area contributed by atoms with Gasteiger partial charge in [-0.3, -0.25) is 9.69 Å². The average Bonchev–Trinajstić information content (AvgIpc) is 2.69. The molecule has 2 aliphatic rings. The first-order chi connectivity index (χ1) is 13.0. The number of nitrogens with zero attached hydrogens (tertiary/aromatic N) is 1. The van der Waals surface area contributed by atoms with Crippen molar-refractivity contribution in [1.29, 1.82) is 0 Å². The van der Waals surface area contributed by atoms with Gasteiger partial charge in [-0.1, -0.05) is 18.9 Å². The first-order valence-corrected chi connectivity index (χ1v) is 9.81. The summed E-state index contributed by atoms with van der Waals surface area (Å²) in [7, 11) is 2.86. The molecule has 148 valence electrons. The number of carbonyl (C=O) groups is 2. The largest absolute Gasteiger partial charge is 0.469 e. The molecule has 1 aromatic carbocycles. The van der Waals surface area contributed by atoms with Gasteiger partial charge in [0, 0.05) is 11.7 Å². The average molecular weight is 374 g/mol. The highest BCUT2D eigenvalue weighted by molar-refractivity contribution is 5.91. The third-order valence-electron chi connectivity index (χ3n) is 6.13. The SMILES string of the molecule is COC(=O)[C@@H]1CCC[C@@H](Cc2ccc3c(c2N)CC[C@H](C)N3C(=O)OC)C1. The Hall–Kier alpha value is -2.24. The van der Waals surface area contributed by atoms with E-state index in [1.165, 1.54) is 14.2 Å². The number of esters is 1. The number of nitrogen functional groups attached to an aromatic ring is 1. The van der Waals surface area contributed by atoms with Gasteiger partial charge in [0.15, 0.2) is 0 Å². The van der Waals surface area contributed by atoms with Crippen molar-refractivity contribution in [3.8, 4) is 0 Å². The maximum Gasteiger partial charge on any atom is 0.414 e. The van der Waals surface area contributed by atoms with Crippen LogP contribution in [0.5, 0.6) is 0 Å². The predicted molar refractivity (Wildman–Crippen MR) is 105 cm³/mol. The Morgan fingerprint density at radius 3 is 2.67 bits per heavy atom. The summed E-state index contributed by atoms with van der Waals surface area (Å²) in [6.07, 6.45) is 6.16. The third-order valence-corrected chi connectivity index (χ3v) is 6.13. The Morgan fingerprint density at radius 2 is 1.96 bits per heavy atom. The molecule has 3 atom stereocenters. The van der Waals surface area contributed by atoms with E-state index in [1.54, 1.807) is 4.90 Å². The third kappa shape index (κ3) is 3.89. The van der Waals surface area contributed by atoms with Crippen molar-refractivity contribution in [1.82, 2.24) is 0 Å². The molecule has 3 rings (SSSR count). The van der Waals surface area contributed by atoms with Crippen LogP contribution in [0.1, 0.15) is 50.2 Å². The van der Waals surface area contributed by atoms with Gasteiger partial charge in [-0.25, -0.2) is 4.79 Å². The Bertz CT molecular complexity index is 718. The summed E-state index contributed by atoms with van der Waals surface area (Å²) in [5.74, 6) is 0.339. The number of nitrogens with two attached hydrogens (primary N) is 1. The van der Waals surface area contributed by atoms with Crippen LogP contribution in [0.25, 0.3) is 0 Å². The molecule has 0 unspecified atom stereocenters. The number of benzene rings is 1. The number of rotatable bonds is 3. The van der Waals surface area contributed by atoms with Crippen LogP contribution in [0.3, 0.4) is 0 Å². The van der Waals surface area contributed by atoms with Gasteiger partial charge in [0.25, 0.3) is 0 Å². The molecule has 1 fully saturated rings. The molecule has 1 aromatic rings. The molecule has 0 spiro atoms. The Balaban J connectivity index is 1.80. The second-order valence-corrected chi connectivity index (χ2v) is 7.82. The van der Waals surface area contributed by atoms with Gasteiger partial charge in [0.05, 0.1) is 25.8 Å². The zero-order chi connectivity index (χ0) is 19.6. The van der Waals surface area contributed by atoms with Crippen LogP contribution >= 0.6 is 0 Å². The maximum atomic E-state index is 12.2. The molecule has 1 aliphatic heterocycles. The van der Waals surface area contributed by atoms with Crippen LogP contribution in [0.2, 0.25) is 0 Å². The summed E-state index contributed by atoms with van der Waals surface area (Å²) in [4.78, 5) is 25.8. The highest BCUT2D eigenvalue weighted by atomic mass is 16.5. The summed E-state index contributed by atoms with van der Waals surface area (Å²) in [6.45, 7) is 2.03. The van der Waals surface area contributed by atoms with Crippen molar-refractivity contribution in [3.05, 3.63) is 23.3 Å². The van der Waals surface area contributed by atoms with Crippen LogP contribution in [0.15, 0.2) is 12.1 Å². The summed E-state index contributed by atoms with van der Waals surface area (Å²) < 4.78 is 9.88. The van der Waals surface area contributed by atoms with Crippen LogP contribution in [0, 0.1) is 11.8 Å². The quantitative estimate of drug-likeness (QED) is 0.644. The van der Waals surface area contributed by atoms with Gasteiger partial charge in [0.1, 0.15) is 0 Å². The Kier molecular flexibility index (Phi) is 5.92. The lowest BCUT2D eigenvalue weighted by Gasteiger charge is -2.35. The maximum absolute atomic E-state index is 12.2. The van der Waals surface area contributed by atoms with Crippen molar-refractivity contribution in [2.45, 2.75) is 57.9 Å². The van der Waals surface area contributed by atoms with E-state index in [1.807, 2.05) is 19.1 Å². The van der Waals surface area contributed by atoms with Crippen molar-refractivity contribution in [3.63, 3.8) is 0 Å². The van der Waals surface area contributed by atoms with Crippen LogP contribution in [0.4, 0.5) is 16.2 Å². The predicted octanol–water partition coefficient (Wildman–Crippen LogP) is 3.70. The number of methoxy groups -OCH3 is 2. The van der Waals surface area contributed by atoms with Gasteiger partial charge in [-0.2, -0.15) is 0 Å². The van der Waals surface area contributed by atoms with Crippen LogP contribution in [-0.2, 0) is 27.1 Å². The Morgan fingerprint density at radius 1 is 1.19 bits per heavy atom. The van der Waals surface area contributed by atoms with Crippen molar-refractivity contribution < 1.29 is 19.1 Å². The Labute approximate surface area is 161 Å². The van der Waals surface area contributed by atoms with Crippen LogP contribution < -0.4 is 10.6 Å². The van der Waals surface area contributed by atoms with E-state index in [4.69, 9.17) is 15.2 Å². The van der Waals surface area contributed by atoms with Crippen molar-refractivity contribution in [2.24, 2.45) is 11.8 Å². The standard InChI is InChI=1S/C21H30N2O4/c1-13-7-9-17-18(23(13)21(25)27-3)10-8-15(19(17)22)11-14-5-4-6-16(12-14)20(24)26-2/h8,10,13-14,16H,4-7,9,11-12,22H2,1-3H3/t13-,14-,16+/m0/s1. The highest BCUT2D eigenvalue weighted by Crippen LogP contribution is 2.39. The minimum atomic E-state index is -0.344. The van der Waals surface area contributed by atoms with E-state index in [2.05, 4.69) is 0 Å². The molecule has 0 radical (unpaired) electrons. The number of fused-ring (bicyclic) bond motifs is 1. The normalized spacial score (nSPS) is 24.9. The molecule has 1 saturated carbocycles. The van der Waals surface area contributed by atoms with E-state index < -0.39 is 0 Å². The fourth-order valence-corrected chi connectivity index (χ4v) is 4.63. The number of anilines is 2. The minimum Gasteiger partial charge on any atom is -0.469 e. The second kappa shape index (κ2) is 8.19. The molecule has 0 bridgehead atoms. The molecule has 0 aromatic heterocycles. The lowest BCUT2D eigenvalue weighted by Crippen LogP contribution is -2.42. The van der Waals surface area contributed by atoms with E-state index in [-0.39, 0.29) is 24.0 Å². The van der Waals surface area contributed by atoms with Crippen LogP contribution in [-0.4, -0.2) is 32.3 Å². The highest BCUT2D eigenvalue weighted by Gasteiger charge is 2.32. The number of amides is 1. The first kappa shape index (κ1) is 19.5. The zero-order valence-electron chi connectivity index (χ0n) is 16.5. The molecule has 0 saturated heterocycles. The molecule has 6 heteroatoms. The van der Waals surface area contributed by atoms with Gasteiger partial charge in [0.2, 0.25) is 0 Å². The molecule has 1 aliphatic carbocycles. The fourth-order valence-electron chi connectivity index (χ4n) is 4.63. The second-order valence-electron chi connectivity index (χ2n) is 7.82. The monoisotopic (exact) mass is 374 g/mol. The minimum absolute atomic E-state index is 0.00303. The summed E-state index contributed by atoms with van der Waals surface area (Å²) in [5.41, 5.74) is 10.3. The van der Waals surface area contributed by atoms with Gasteiger partial charge in [-0.15, -0.1) is 0 Å². The number of ether oxygens (including phenoxy) is 2. The molecule has 2 N–H and O–H groups in total.